The summed E-state index contributed by atoms with van der Waals surface area (Å²) in [5.74, 6) is 0.484. The fraction of sp³-hybridized carbons (Fsp3) is 0.731. The van der Waals surface area contributed by atoms with Crippen molar-refractivity contribution in [3.63, 3.8) is 0 Å². The Morgan fingerprint density at radius 2 is 2.00 bits per heavy atom. The molecule has 7 atom stereocenters. The van der Waals surface area contributed by atoms with Crippen molar-refractivity contribution in [3.05, 3.63) is 23.8 Å². The predicted octanol–water partition coefficient (Wildman–Crippen LogP) is 3.68. The number of carbonyl (C=O) groups excluding carboxylic acids is 2. The van der Waals surface area contributed by atoms with Crippen molar-refractivity contribution in [1.82, 2.24) is 4.90 Å². The van der Waals surface area contributed by atoms with E-state index in [2.05, 4.69) is 11.8 Å². The van der Waals surface area contributed by atoms with Gasteiger partial charge in [-0.15, -0.1) is 0 Å². The van der Waals surface area contributed by atoms with Crippen molar-refractivity contribution < 1.29 is 19.8 Å². The van der Waals surface area contributed by atoms with Crippen LogP contribution in [0.1, 0.15) is 58.8 Å². The summed E-state index contributed by atoms with van der Waals surface area (Å²) in [6, 6.07) is 0. The molecule has 5 aliphatic rings. The third-order valence-corrected chi connectivity index (χ3v) is 11.3. The van der Waals surface area contributed by atoms with Crippen molar-refractivity contribution in [2.24, 2.45) is 28.6 Å². The maximum absolute atomic E-state index is 13.5. The van der Waals surface area contributed by atoms with Gasteiger partial charge in [0.25, 0.3) is 0 Å². The molecule has 1 aliphatic heterocycles. The molecule has 0 amide bonds. The summed E-state index contributed by atoms with van der Waals surface area (Å²) >= 11 is 6.92. The molecule has 33 heavy (non-hydrogen) atoms. The lowest BCUT2D eigenvalue weighted by Gasteiger charge is -2.59. The summed E-state index contributed by atoms with van der Waals surface area (Å²) in [5.41, 5.74) is -1.28. The van der Waals surface area contributed by atoms with Gasteiger partial charge in [0.2, 0.25) is 0 Å². The number of likely N-dealkylation sites (tertiary alicyclic amines) is 1. The Kier molecular flexibility index (Phi) is 5.95. The molecule has 3 saturated carbocycles. The lowest BCUT2D eigenvalue weighted by Crippen LogP contribution is -2.61. The second-order valence-corrected chi connectivity index (χ2v) is 12.9. The second-order valence-electron chi connectivity index (χ2n) is 11.3. The highest BCUT2D eigenvalue weighted by Gasteiger charge is 2.68. The first-order valence-corrected chi connectivity index (χ1v) is 13.8. The van der Waals surface area contributed by atoms with Gasteiger partial charge in [-0.1, -0.05) is 49.5 Å². The number of nitrogens with zero attached hydrogens (tertiary/aromatic N) is 1. The van der Waals surface area contributed by atoms with E-state index < -0.39 is 17.1 Å². The minimum Gasteiger partial charge on any atom is -0.393 e. The molecule has 1 heterocycles. The number of rotatable bonds is 3. The van der Waals surface area contributed by atoms with Crippen molar-refractivity contribution in [3.8, 4) is 0 Å². The van der Waals surface area contributed by atoms with E-state index in [4.69, 9.17) is 12.2 Å². The van der Waals surface area contributed by atoms with Crippen LogP contribution in [0.3, 0.4) is 0 Å². The number of aliphatic hydroxyl groups is 2. The Balaban J connectivity index is 1.36. The molecule has 1 saturated heterocycles. The average molecular weight is 490 g/mol. The number of fused-ring (bicyclic) bond motifs is 5. The number of ketones is 2. The summed E-state index contributed by atoms with van der Waals surface area (Å²) in [7, 11) is 0. The molecule has 5 nitrogen and oxygen atoms in total. The maximum Gasteiger partial charge on any atom is 0.178 e. The van der Waals surface area contributed by atoms with Crippen LogP contribution in [0.5, 0.6) is 0 Å². The zero-order chi connectivity index (χ0) is 23.6. The van der Waals surface area contributed by atoms with Crippen molar-refractivity contribution in [1.29, 1.82) is 0 Å². The third-order valence-electron chi connectivity index (χ3n) is 9.80. The monoisotopic (exact) mass is 489 g/mol. The highest BCUT2D eigenvalue weighted by Crippen LogP contribution is 2.67. The van der Waals surface area contributed by atoms with Crippen molar-refractivity contribution in [2.75, 3.05) is 18.8 Å². The van der Waals surface area contributed by atoms with Gasteiger partial charge >= 0.3 is 0 Å². The van der Waals surface area contributed by atoms with E-state index in [1.807, 2.05) is 13.0 Å². The molecule has 5 rings (SSSR count). The van der Waals surface area contributed by atoms with Crippen LogP contribution >= 0.6 is 24.0 Å². The molecule has 180 valence electrons. The number of carbonyl (C=O) groups is 2. The van der Waals surface area contributed by atoms with Gasteiger partial charge in [0.05, 0.1) is 11.9 Å². The summed E-state index contributed by atoms with van der Waals surface area (Å²) < 4.78 is 0.756. The van der Waals surface area contributed by atoms with Gasteiger partial charge in [0, 0.05) is 29.8 Å². The second kappa shape index (κ2) is 8.28. The number of allylic oxidation sites excluding steroid dienone is 4. The normalized spacial score (nSPS) is 44.2. The van der Waals surface area contributed by atoms with E-state index in [0.29, 0.717) is 12.8 Å². The number of Topliss-reactive ketones (excluding diaryl/α,β-unsaturated/α-hetero) is 1. The van der Waals surface area contributed by atoms with Crippen LogP contribution in [0, 0.1) is 28.6 Å². The fourth-order valence-corrected chi connectivity index (χ4v) is 9.24. The quantitative estimate of drug-likeness (QED) is 0.586. The molecular weight excluding hydrogens is 454 g/mol. The number of hydrogen-bond acceptors (Lipinski definition) is 6. The van der Waals surface area contributed by atoms with Crippen LogP contribution in [-0.4, -0.2) is 61.5 Å². The SMILES string of the molecule is C[C@]12C=CC(=O)C=C1CC[C@@H]1[C@@H]2[C@@H](O)C[C@@]2(C)[C@H]1CC[C@]2(O)C(=O)CSC(=S)N1CCCC1. The van der Waals surface area contributed by atoms with Crippen LogP contribution in [0.15, 0.2) is 23.8 Å². The molecule has 0 aromatic heterocycles. The van der Waals surface area contributed by atoms with Crippen molar-refractivity contribution in [2.45, 2.75) is 70.5 Å². The van der Waals surface area contributed by atoms with Gasteiger partial charge in [0.1, 0.15) is 9.92 Å². The van der Waals surface area contributed by atoms with Crippen molar-refractivity contribution >= 4 is 39.9 Å². The molecule has 0 bridgehead atoms. The van der Waals surface area contributed by atoms with Crippen LogP contribution < -0.4 is 0 Å². The molecule has 4 aliphatic carbocycles. The zero-order valence-electron chi connectivity index (χ0n) is 19.6. The molecule has 0 aromatic rings. The first-order chi connectivity index (χ1) is 15.6. The Hall–Kier alpha value is -1.02. The number of hydrogen-bond donors (Lipinski definition) is 2. The molecule has 0 aromatic carbocycles. The van der Waals surface area contributed by atoms with Crippen LogP contribution in [0.4, 0.5) is 0 Å². The largest absolute Gasteiger partial charge is 0.393 e. The summed E-state index contributed by atoms with van der Waals surface area (Å²) in [6.45, 7) is 6.08. The third kappa shape index (κ3) is 3.52. The van der Waals surface area contributed by atoms with Crippen LogP contribution in [-0.2, 0) is 9.59 Å². The summed E-state index contributed by atoms with van der Waals surface area (Å²) in [5, 5.41) is 23.3. The maximum atomic E-state index is 13.5. The first-order valence-electron chi connectivity index (χ1n) is 12.4. The number of aliphatic hydroxyl groups excluding tert-OH is 1. The molecule has 4 fully saturated rings. The van der Waals surface area contributed by atoms with E-state index in [1.54, 1.807) is 12.2 Å². The van der Waals surface area contributed by atoms with E-state index in [0.717, 1.165) is 55.1 Å². The van der Waals surface area contributed by atoms with Gasteiger partial charge in [-0.25, -0.2) is 0 Å². The highest BCUT2D eigenvalue weighted by molar-refractivity contribution is 8.23. The lowest BCUT2D eigenvalue weighted by atomic mass is 9.46. The van der Waals surface area contributed by atoms with E-state index in [-0.39, 0.29) is 40.5 Å². The Morgan fingerprint density at radius 1 is 1.27 bits per heavy atom. The van der Waals surface area contributed by atoms with Gasteiger partial charge in [-0.05, 0) is 68.9 Å². The smallest absolute Gasteiger partial charge is 0.178 e. The minimum absolute atomic E-state index is 0.00879. The van der Waals surface area contributed by atoms with E-state index >= 15 is 0 Å². The van der Waals surface area contributed by atoms with E-state index in [1.165, 1.54) is 11.8 Å². The highest BCUT2D eigenvalue weighted by atomic mass is 32.2. The van der Waals surface area contributed by atoms with Gasteiger partial charge in [-0.2, -0.15) is 0 Å². The molecular formula is C26H35NO4S2. The standard InChI is InChI=1S/C26H35NO4S2/c1-24-9-7-17(28)13-16(24)5-6-18-19-8-10-26(31,25(19,2)14-20(29)22(18)24)21(30)15-33-23(32)27-11-3-4-12-27/h7,9,13,18-20,22,29,31H,3-6,8,10-12,14-15H2,1-2H3/t18-,19-,20-,22+,24-,25-,26-/m0/s1. The molecule has 0 radical (unpaired) electrons. The molecule has 2 N–H and O–H groups in total. The van der Waals surface area contributed by atoms with E-state index in [9.17, 15) is 19.8 Å². The summed E-state index contributed by atoms with van der Waals surface area (Å²) in [4.78, 5) is 27.6. The lowest BCUT2D eigenvalue weighted by molar-refractivity contribution is -0.174. The molecule has 0 unspecified atom stereocenters. The minimum atomic E-state index is -1.42. The number of thioether (sulfide) groups is 1. The molecule has 7 heteroatoms. The predicted molar refractivity (Wildman–Crippen MR) is 134 cm³/mol. The topological polar surface area (TPSA) is 77.8 Å². The summed E-state index contributed by atoms with van der Waals surface area (Å²) in [6.07, 6.45) is 10.4. The Morgan fingerprint density at radius 3 is 2.73 bits per heavy atom. The van der Waals surface area contributed by atoms with Gasteiger partial charge in [0.15, 0.2) is 11.6 Å². The zero-order valence-corrected chi connectivity index (χ0v) is 21.2. The van der Waals surface area contributed by atoms with Gasteiger partial charge < -0.3 is 15.1 Å². The van der Waals surface area contributed by atoms with Crippen LogP contribution in [0.2, 0.25) is 0 Å². The fourth-order valence-electron chi connectivity index (χ4n) is 8.03. The average Bonchev–Trinajstić information content (AvgIpc) is 3.39. The van der Waals surface area contributed by atoms with Gasteiger partial charge in [-0.3, -0.25) is 9.59 Å². The van der Waals surface area contributed by atoms with Crippen LogP contribution in [0.25, 0.3) is 0 Å². The Bertz CT molecular complexity index is 941. The first kappa shape index (κ1) is 23.7. The number of thiocarbonyl (C=S) groups is 1. The molecule has 0 spiro atoms. The Labute approximate surface area is 206 Å².